The number of methoxy groups -OCH3 is 1. The summed E-state index contributed by atoms with van der Waals surface area (Å²) in [7, 11) is 1.54. The zero-order valence-electron chi connectivity index (χ0n) is 19.9. The van der Waals surface area contributed by atoms with Crippen molar-refractivity contribution in [2.45, 2.75) is 19.5 Å². The van der Waals surface area contributed by atoms with E-state index in [4.69, 9.17) is 25.5 Å². The van der Waals surface area contributed by atoms with Crippen molar-refractivity contribution in [1.82, 2.24) is 4.90 Å². The molecule has 6 nitrogen and oxygen atoms in total. The summed E-state index contributed by atoms with van der Waals surface area (Å²) < 4.78 is 17.3. The molecule has 0 saturated heterocycles. The second-order valence-electron chi connectivity index (χ2n) is 8.65. The first-order valence-corrected chi connectivity index (χ1v) is 11.8. The molecule has 36 heavy (non-hydrogen) atoms. The topological polar surface area (TPSA) is 69.0 Å². The summed E-state index contributed by atoms with van der Waals surface area (Å²) >= 11 is 6.18. The van der Waals surface area contributed by atoms with Crippen LogP contribution in [0.3, 0.4) is 0 Å². The Labute approximate surface area is 213 Å². The Morgan fingerprint density at radius 1 is 1.06 bits per heavy atom. The maximum absolute atomic E-state index is 13.7. The van der Waals surface area contributed by atoms with Crippen molar-refractivity contribution in [3.8, 4) is 11.5 Å². The van der Waals surface area contributed by atoms with E-state index >= 15 is 0 Å². The van der Waals surface area contributed by atoms with E-state index in [9.17, 15) is 9.59 Å². The zero-order chi connectivity index (χ0) is 25.4. The molecule has 182 valence electrons. The maximum Gasteiger partial charge on any atom is 0.291 e. The van der Waals surface area contributed by atoms with Gasteiger partial charge in [0.1, 0.15) is 12.2 Å². The van der Waals surface area contributed by atoms with Crippen LogP contribution in [-0.4, -0.2) is 24.5 Å². The van der Waals surface area contributed by atoms with Crippen LogP contribution < -0.4 is 14.9 Å². The highest BCUT2D eigenvalue weighted by molar-refractivity contribution is 6.31. The van der Waals surface area contributed by atoms with Gasteiger partial charge < -0.3 is 18.8 Å². The molecular formula is C29H24ClNO5. The largest absolute Gasteiger partial charge is 0.493 e. The number of halogens is 1. The van der Waals surface area contributed by atoms with Gasteiger partial charge in [0, 0.05) is 11.6 Å². The van der Waals surface area contributed by atoms with Crippen LogP contribution in [0, 0.1) is 6.92 Å². The first-order valence-electron chi connectivity index (χ1n) is 11.5. The third kappa shape index (κ3) is 4.14. The fourth-order valence-corrected chi connectivity index (χ4v) is 4.69. The van der Waals surface area contributed by atoms with Crippen molar-refractivity contribution in [3.63, 3.8) is 0 Å². The molecule has 1 aliphatic heterocycles. The number of hydrogen-bond donors (Lipinski definition) is 0. The third-order valence-electron chi connectivity index (χ3n) is 6.26. The maximum atomic E-state index is 13.7. The summed E-state index contributed by atoms with van der Waals surface area (Å²) in [6.07, 6.45) is 1.64. The molecule has 0 bridgehead atoms. The van der Waals surface area contributed by atoms with Crippen LogP contribution in [0.2, 0.25) is 5.02 Å². The highest BCUT2D eigenvalue weighted by Crippen LogP contribution is 2.42. The van der Waals surface area contributed by atoms with Gasteiger partial charge in [0.05, 0.1) is 24.1 Å². The number of aryl methyl sites for hydroxylation is 1. The molecule has 2 heterocycles. The van der Waals surface area contributed by atoms with E-state index in [0.717, 1.165) is 11.1 Å². The molecular weight excluding hydrogens is 478 g/mol. The molecule has 4 aromatic rings. The van der Waals surface area contributed by atoms with E-state index in [-0.39, 0.29) is 22.7 Å². The normalized spacial score (nSPS) is 14.7. The van der Waals surface area contributed by atoms with Gasteiger partial charge in [-0.3, -0.25) is 9.59 Å². The first kappa shape index (κ1) is 23.7. The summed E-state index contributed by atoms with van der Waals surface area (Å²) in [5.41, 5.74) is 3.06. The number of carbonyl (C=O) groups excluding carboxylic acids is 1. The second-order valence-corrected chi connectivity index (χ2v) is 9.08. The van der Waals surface area contributed by atoms with Crippen molar-refractivity contribution in [2.24, 2.45) is 0 Å². The van der Waals surface area contributed by atoms with Crippen LogP contribution in [0.5, 0.6) is 11.5 Å². The minimum absolute atomic E-state index is 0.0397. The lowest BCUT2D eigenvalue weighted by atomic mass is 9.97. The predicted octanol–water partition coefficient (Wildman–Crippen LogP) is 6.07. The Morgan fingerprint density at radius 3 is 2.56 bits per heavy atom. The average Bonchev–Trinajstić information content (AvgIpc) is 3.16. The lowest BCUT2D eigenvalue weighted by Gasteiger charge is -2.26. The Bertz CT molecular complexity index is 1540. The van der Waals surface area contributed by atoms with Gasteiger partial charge in [0.2, 0.25) is 5.76 Å². The molecule has 3 aromatic carbocycles. The monoisotopic (exact) mass is 501 g/mol. The third-order valence-corrected chi connectivity index (χ3v) is 6.50. The average molecular weight is 502 g/mol. The molecule has 0 aliphatic carbocycles. The lowest BCUT2D eigenvalue weighted by molar-refractivity contribution is 0.0714. The molecule has 0 radical (unpaired) electrons. The van der Waals surface area contributed by atoms with Crippen LogP contribution in [0.4, 0.5) is 0 Å². The van der Waals surface area contributed by atoms with E-state index < -0.39 is 6.04 Å². The smallest absolute Gasteiger partial charge is 0.291 e. The van der Waals surface area contributed by atoms with E-state index in [1.807, 2.05) is 37.3 Å². The van der Waals surface area contributed by atoms with Gasteiger partial charge in [0.15, 0.2) is 16.9 Å². The molecule has 0 N–H and O–H groups in total. The van der Waals surface area contributed by atoms with Crippen molar-refractivity contribution >= 4 is 28.5 Å². The number of rotatable bonds is 7. The highest BCUT2D eigenvalue weighted by Gasteiger charge is 2.43. The Morgan fingerprint density at radius 2 is 1.83 bits per heavy atom. The van der Waals surface area contributed by atoms with Crippen molar-refractivity contribution in [2.75, 3.05) is 13.7 Å². The minimum Gasteiger partial charge on any atom is -0.493 e. The molecule has 0 fully saturated rings. The van der Waals surface area contributed by atoms with E-state index in [0.29, 0.717) is 46.2 Å². The molecule has 1 aromatic heterocycles. The number of fused-ring (bicyclic) bond motifs is 2. The van der Waals surface area contributed by atoms with Crippen molar-refractivity contribution < 1.29 is 18.7 Å². The van der Waals surface area contributed by atoms with E-state index in [1.165, 1.54) is 0 Å². The summed E-state index contributed by atoms with van der Waals surface area (Å²) in [5, 5.41) is 0.742. The fourth-order valence-electron chi connectivity index (χ4n) is 4.51. The van der Waals surface area contributed by atoms with Gasteiger partial charge in [-0.1, -0.05) is 60.2 Å². The summed E-state index contributed by atoms with van der Waals surface area (Å²) in [4.78, 5) is 29.1. The van der Waals surface area contributed by atoms with E-state index in [1.54, 1.807) is 48.4 Å². The van der Waals surface area contributed by atoms with Crippen LogP contribution in [-0.2, 0) is 6.54 Å². The number of amides is 1. The van der Waals surface area contributed by atoms with Gasteiger partial charge in [-0.2, -0.15) is 0 Å². The molecule has 5 rings (SSSR count). The molecule has 1 amide bonds. The van der Waals surface area contributed by atoms with Crippen molar-refractivity contribution in [1.29, 1.82) is 0 Å². The summed E-state index contributed by atoms with van der Waals surface area (Å²) in [6.45, 7) is 6.29. The number of benzene rings is 3. The molecule has 1 atom stereocenters. The van der Waals surface area contributed by atoms with Gasteiger partial charge in [-0.25, -0.2) is 0 Å². The molecule has 1 unspecified atom stereocenters. The Balaban J connectivity index is 1.69. The quantitative estimate of drug-likeness (QED) is 0.287. The summed E-state index contributed by atoms with van der Waals surface area (Å²) in [5.74, 6) is 0.709. The number of ether oxygens (including phenoxy) is 2. The molecule has 7 heteroatoms. The van der Waals surface area contributed by atoms with Gasteiger partial charge in [-0.05, 0) is 48.4 Å². The van der Waals surface area contributed by atoms with Crippen LogP contribution in [0.15, 0.2) is 82.5 Å². The Hall–Kier alpha value is -4.03. The lowest BCUT2D eigenvalue weighted by Crippen LogP contribution is -2.29. The summed E-state index contributed by atoms with van der Waals surface area (Å²) in [6, 6.07) is 17.4. The molecule has 1 aliphatic rings. The number of nitrogens with zero attached hydrogens (tertiary/aromatic N) is 1. The SMILES string of the molecule is C=CCOc1ccc(C2c3c(oc4ccc(Cl)cc4c3=O)C(=O)N2Cc2ccc(C)cc2)cc1OC. The van der Waals surface area contributed by atoms with Gasteiger partial charge in [-0.15, -0.1) is 0 Å². The highest BCUT2D eigenvalue weighted by atomic mass is 35.5. The van der Waals surface area contributed by atoms with Gasteiger partial charge >= 0.3 is 0 Å². The Kier molecular flexibility index (Phi) is 6.29. The minimum atomic E-state index is -0.684. The number of carbonyl (C=O) groups is 1. The van der Waals surface area contributed by atoms with Crippen LogP contribution >= 0.6 is 11.6 Å². The van der Waals surface area contributed by atoms with E-state index in [2.05, 4.69) is 6.58 Å². The first-order chi connectivity index (χ1) is 17.4. The molecule has 0 saturated carbocycles. The van der Waals surface area contributed by atoms with Gasteiger partial charge in [0.25, 0.3) is 5.91 Å². The zero-order valence-corrected chi connectivity index (χ0v) is 20.7. The molecule has 0 spiro atoms. The predicted molar refractivity (Wildman–Crippen MR) is 139 cm³/mol. The number of hydrogen-bond acceptors (Lipinski definition) is 5. The van der Waals surface area contributed by atoms with Crippen molar-refractivity contribution in [3.05, 3.63) is 117 Å². The van der Waals surface area contributed by atoms with Crippen LogP contribution in [0.1, 0.15) is 38.9 Å². The second kappa shape index (κ2) is 9.55. The van der Waals surface area contributed by atoms with Crippen LogP contribution in [0.25, 0.3) is 11.0 Å². The standard InChI is InChI=1S/C29H24ClNO5/c1-4-13-35-23-11-9-19(14-24(23)34-3)26-25-27(32)21-15-20(30)10-12-22(21)36-28(25)29(33)31(26)16-18-7-5-17(2)6-8-18/h4-12,14-15,26H,1,13,16H2,2-3H3. The fraction of sp³-hybridized carbons (Fsp3) is 0.172.